The summed E-state index contributed by atoms with van der Waals surface area (Å²) in [4.78, 5) is 2.57. The van der Waals surface area contributed by atoms with Crippen molar-refractivity contribution in [2.45, 2.75) is 83.1 Å². The number of nitrogens with zero attached hydrogens (tertiary/aromatic N) is 1. The highest BCUT2D eigenvalue weighted by Gasteiger charge is 2.18. The van der Waals surface area contributed by atoms with Crippen LogP contribution in [0.15, 0.2) is 24.3 Å². The molecule has 1 aromatic rings. The van der Waals surface area contributed by atoms with Crippen LogP contribution in [-0.2, 0) is 0 Å². The van der Waals surface area contributed by atoms with Gasteiger partial charge in [0.25, 0.3) is 0 Å². The normalized spacial score (nSPS) is 19.9. The average molecular weight is 324 g/mol. The minimum Gasteiger partial charge on any atom is -0.290 e. The van der Waals surface area contributed by atoms with Crippen molar-refractivity contribution in [2.24, 2.45) is 0 Å². The van der Waals surface area contributed by atoms with Crippen LogP contribution in [0.1, 0.15) is 88.2 Å². The molecule has 0 heterocycles. The Hall–Kier alpha value is -1.26. The van der Waals surface area contributed by atoms with Gasteiger partial charge in [-0.1, -0.05) is 69.4 Å². The Balaban J connectivity index is 1.54. The molecule has 0 amide bonds. The maximum atomic E-state index is 3.42. The molecule has 1 nitrogen and oxygen atoms in total. The zero-order valence-electron chi connectivity index (χ0n) is 15.4. The molecule has 2 aliphatic carbocycles. The van der Waals surface area contributed by atoms with E-state index in [4.69, 9.17) is 0 Å². The van der Waals surface area contributed by atoms with Crippen LogP contribution < -0.4 is 0 Å². The highest BCUT2D eigenvalue weighted by Crippen LogP contribution is 2.32. The maximum Gasteiger partial charge on any atom is 0.0607 e. The SMILES string of the molecule is CCN(CC#Cc1ccc(C2CCCCC2)cc1)C1CCCCC1. The van der Waals surface area contributed by atoms with Gasteiger partial charge in [0.2, 0.25) is 0 Å². The van der Waals surface area contributed by atoms with E-state index in [1.54, 1.807) is 0 Å². The quantitative estimate of drug-likeness (QED) is 0.639. The average Bonchev–Trinajstić information content (AvgIpc) is 2.67. The largest absolute Gasteiger partial charge is 0.290 e. The van der Waals surface area contributed by atoms with Gasteiger partial charge in [-0.05, 0) is 55.8 Å². The molecule has 0 aliphatic heterocycles. The van der Waals surface area contributed by atoms with Crippen LogP contribution in [-0.4, -0.2) is 24.0 Å². The second-order valence-electron chi connectivity index (χ2n) is 7.61. The molecule has 0 unspecified atom stereocenters. The van der Waals surface area contributed by atoms with Gasteiger partial charge in [-0.15, -0.1) is 0 Å². The number of benzene rings is 1. The molecule has 2 aliphatic rings. The zero-order chi connectivity index (χ0) is 16.6. The second kappa shape index (κ2) is 9.28. The van der Waals surface area contributed by atoms with Gasteiger partial charge >= 0.3 is 0 Å². The van der Waals surface area contributed by atoms with E-state index in [1.807, 2.05) is 0 Å². The molecule has 0 atom stereocenters. The van der Waals surface area contributed by atoms with Crippen LogP contribution in [0.4, 0.5) is 0 Å². The Labute approximate surface area is 148 Å². The lowest BCUT2D eigenvalue weighted by molar-refractivity contribution is 0.183. The van der Waals surface area contributed by atoms with Crippen molar-refractivity contribution < 1.29 is 0 Å². The third-order valence-electron chi connectivity index (χ3n) is 6.00. The summed E-state index contributed by atoms with van der Waals surface area (Å²) in [5.74, 6) is 7.61. The zero-order valence-corrected chi connectivity index (χ0v) is 15.4. The van der Waals surface area contributed by atoms with Crippen LogP contribution in [0.25, 0.3) is 0 Å². The standard InChI is InChI=1S/C23H33N/c1-2-24(23-13-7-4-8-14-23)19-9-10-20-15-17-22(18-16-20)21-11-5-3-6-12-21/h15-18,21,23H,2-8,11-14,19H2,1H3. The number of rotatable bonds is 4. The summed E-state index contributed by atoms with van der Waals surface area (Å²) in [6.45, 7) is 4.32. The summed E-state index contributed by atoms with van der Waals surface area (Å²) in [7, 11) is 0. The van der Waals surface area contributed by atoms with Crippen LogP contribution in [0, 0.1) is 11.8 Å². The van der Waals surface area contributed by atoms with Gasteiger partial charge in [-0.3, -0.25) is 4.90 Å². The van der Waals surface area contributed by atoms with E-state index in [-0.39, 0.29) is 0 Å². The maximum absolute atomic E-state index is 3.42. The van der Waals surface area contributed by atoms with E-state index in [9.17, 15) is 0 Å². The van der Waals surface area contributed by atoms with Gasteiger partial charge in [0, 0.05) is 11.6 Å². The van der Waals surface area contributed by atoms with E-state index in [0.717, 1.165) is 25.0 Å². The first-order valence-electron chi connectivity index (χ1n) is 10.2. The lowest BCUT2D eigenvalue weighted by atomic mass is 9.84. The molecular formula is C23H33N. The molecule has 1 aromatic carbocycles. The topological polar surface area (TPSA) is 3.24 Å². The van der Waals surface area contributed by atoms with Gasteiger partial charge in [-0.2, -0.15) is 0 Å². The van der Waals surface area contributed by atoms with E-state index in [1.165, 1.54) is 75.3 Å². The second-order valence-corrected chi connectivity index (χ2v) is 7.61. The fourth-order valence-corrected chi connectivity index (χ4v) is 4.46. The Bertz CT molecular complexity index is 536. The molecule has 24 heavy (non-hydrogen) atoms. The molecule has 130 valence electrons. The van der Waals surface area contributed by atoms with E-state index >= 15 is 0 Å². The van der Waals surface area contributed by atoms with Crippen molar-refractivity contribution >= 4 is 0 Å². The molecule has 3 rings (SSSR count). The van der Waals surface area contributed by atoms with Crippen molar-refractivity contribution in [1.82, 2.24) is 4.90 Å². The van der Waals surface area contributed by atoms with Crippen LogP contribution >= 0.6 is 0 Å². The molecule has 0 aromatic heterocycles. The summed E-state index contributed by atoms with van der Waals surface area (Å²) in [6, 6.07) is 9.87. The Morgan fingerprint density at radius 2 is 1.50 bits per heavy atom. The van der Waals surface area contributed by atoms with E-state index < -0.39 is 0 Å². The third-order valence-corrected chi connectivity index (χ3v) is 6.00. The fourth-order valence-electron chi connectivity index (χ4n) is 4.46. The predicted molar refractivity (Wildman–Crippen MR) is 103 cm³/mol. The molecule has 0 N–H and O–H groups in total. The van der Waals surface area contributed by atoms with Gasteiger partial charge < -0.3 is 0 Å². The fraction of sp³-hybridized carbons (Fsp3) is 0.652. The molecule has 2 saturated carbocycles. The van der Waals surface area contributed by atoms with Crippen LogP contribution in [0.5, 0.6) is 0 Å². The minimum absolute atomic E-state index is 0.770. The summed E-state index contributed by atoms with van der Waals surface area (Å²) >= 11 is 0. The molecule has 0 saturated heterocycles. The molecule has 0 spiro atoms. The van der Waals surface area contributed by atoms with Crippen molar-refractivity contribution in [2.75, 3.05) is 13.1 Å². The number of hydrogen-bond acceptors (Lipinski definition) is 1. The molecular weight excluding hydrogens is 290 g/mol. The van der Waals surface area contributed by atoms with Crippen molar-refractivity contribution in [3.05, 3.63) is 35.4 Å². The molecule has 2 fully saturated rings. The lowest BCUT2D eigenvalue weighted by Crippen LogP contribution is -2.36. The Kier molecular flexibility index (Phi) is 6.79. The third kappa shape index (κ3) is 4.87. The monoisotopic (exact) mass is 323 g/mol. The van der Waals surface area contributed by atoms with Crippen molar-refractivity contribution in [1.29, 1.82) is 0 Å². The first-order valence-corrected chi connectivity index (χ1v) is 10.2. The van der Waals surface area contributed by atoms with E-state index in [0.29, 0.717) is 0 Å². The summed E-state index contributed by atoms with van der Waals surface area (Å²) in [5, 5.41) is 0. The van der Waals surface area contributed by atoms with Crippen molar-refractivity contribution in [3.8, 4) is 11.8 Å². The van der Waals surface area contributed by atoms with E-state index in [2.05, 4.69) is 47.9 Å². The molecule has 1 heteroatoms. The summed E-state index contributed by atoms with van der Waals surface area (Å²) in [6.07, 6.45) is 13.9. The van der Waals surface area contributed by atoms with Gasteiger partial charge in [0.1, 0.15) is 0 Å². The smallest absolute Gasteiger partial charge is 0.0607 e. The van der Waals surface area contributed by atoms with Gasteiger partial charge in [0.05, 0.1) is 6.54 Å². The van der Waals surface area contributed by atoms with Gasteiger partial charge in [0.15, 0.2) is 0 Å². The van der Waals surface area contributed by atoms with Crippen LogP contribution in [0.3, 0.4) is 0 Å². The first kappa shape index (κ1) is 17.6. The highest BCUT2D eigenvalue weighted by molar-refractivity contribution is 5.37. The first-order chi connectivity index (χ1) is 11.9. The molecule has 0 bridgehead atoms. The summed E-state index contributed by atoms with van der Waals surface area (Å²) in [5.41, 5.74) is 2.70. The highest BCUT2D eigenvalue weighted by atomic mass is 15.1. The van der Waals surface area contributed by atoms with Gasteiger partial charge in [-0.25, -0.2) is 0 Å². The number of hydrogen-bond donors (Lipinski definition) is 0. The van der Waals surface area contributed by atoms with Crippen molar-refractivity contribution in [3.63, 3.8) is 0 Å². The van der Waals surface area contributed by atoms with Crippen LogP contribution in [0.2, 0.25) is 0 Å². The Morgan fingerprint density at radius 3 is 2.12 bits per heavy atom. The minimum atomic E-state index is 0.770. The lowest BCUT2D eigenvalue weighted by Gasteiger charge is -2.32. The molecule has 0 radical (unpaired) electrons. The summed E-state index contributed by atoms with van der Waals surface area (Å²) < 4.78 is 0. The predicted octanol–water partition coefficient (Wildman–Crippen LogP) is 5.74. The Morgan fingerprint density at radius 1 is 0.875 bits per heavy atom.